The van der Waals surface area contributed by atoms with Gasteiger partial charge in [-0.2, -0.15) is 0 Å². The van der Waals surface area contributed by atoms with Gasteiger partial charge in [-0.05, 0) is 38.7 Å². The predicted octanol–water partition coefficient (Wildman–Crippen LogP) is 1.59. The molecule has 0 radical (unpaired) electrons. The smallest absolute Gasteiger partial charge is 0.132 e. The van der Waals surface area contributed by atoms with Gasteiger partial charge in [0.1, 0.15) is 12.1 Å². The molecule has 2 bridgehead atoms. The minimum atomic E-state index is 0.647. The third-order valence-corrected chi connectivity index (χ3v) is 4.09. The van der Waals surface area contributed by atoms with E-state index in [4.69, 9.17) is 0 Å². The van der Waals surface area contributed by atoms with Gasteiger partial charge in [0, 0.05) is 30.9 Å². The van der Waals surface area contributed by atoms with Crippen LogP contribution < -0.4 is 10.2 Å². The summed E-state index contributed by atoms with van der Waals surface area (Å²) in [5.41, 5.74) is 0. The molecule has 17 heavy (non-hydrogen) atoms. The average Bonchev–Trinajstić information content (AvgIpc) is 2.71. The molecule has 3 rings (SSSR count). The highest BCUT2D eigenvalue weighted by molar-refractivity contribution is 5.38. The molecule has 92 valence electrons. The predicted molar refractivity (Wildman–Crippen MR) is 68.0 cm³/mol. The summed E-state index contributed by atoms with van der Waals surface area (Å²) in [6.07, 6.45) is 8.70. The van der Waals surface area contributed by atoms with Crippen LogP contribution in [0.5, 0.6) is 0 Å². The molecule has 0 aliphatic carbocycles. The van der Waals surface area contributed by atoms with E-state index in [0.29, 0.717) is 6.04 Å². The Bertz CT molecular complexity index is 355. The lowest BCUT2D eigenvalue weighted by Crippen LogP contribution is -2.48. The summed E-state index contributed by atoms with van der Waals surface area (Å²) in [6, 6.07) is 4.13. The summed E-state index contributed by atoms with van der Waals surface area (Å²) in [7, 11) is 0. The minimum Gasteiger partial charge on any atom is -0.354 e. The number of aromatic nitrogens is 2. The van der Waals surface area contributed by atoms with Gasteiger partial charge in [-0.1, -0.05) is 0 Å². The number of nitrogens with zero attached hydrogens (tertiary/aromatic N) is 3. The second-order valence-electron chi connectivity index (χ2n) is 5.12. The summed E-state index contributed by atoms with van der Waals surface area (Å²) >= 11 is 0. The Morgan fingerprint density at radius 1 is 1.35 bits per heavy atom. The van der Waals surface area contributed by atoms with Crippen molar-refractivity contribution >= 4 is 5.82 Å². The fraction of sp³-hybridized carbons (Fsp3) is 0.692. The van der Waals surface area contributed by atoms with Crippen LogP contribution in [0, 0.1) is 0 Å². The Labute approximate surface area is 102 Å². The number of fused-ring (bicyclic) bond motifs is 2. The number of rotatable bonds is 3. The molecule has 2 fully saturated rings. The first-order valence-electron chi connectivity index (χ1n) is 6.65. The van der Waals surface area contributed by atoms with Crippen LogP contribution in [0.3, 0.4) is 0 Å². The Hall–Kier alpha value is -1.16. The molecule has 0 aromatic carbocycles. The van der Waals surface area contributed by atoms with Crippen LogP contribution >= 0.6 is 0 Å². The number of hydrogen-bond acceptors (Lipinski definition) is 4. The molecule has 0 saturated carbocycles. The van der Waals surface area contributed by atoms with E-state index in [0.717, 1.165) is 24.4 Å². The van der Waals surface area contributed by atoms with Crippen molar-refractivity contribution in [1.29, 1.82) is 0 Å². The van der Waals surface area contributed by atoms with E-state index in [1.54, 1.807) is 6.33 Å². The van der Waals surface area contributed by atoms with Crippen LogP contribution in [-0.4, -0.2) is 34.6 Å². The SMILES string of the molecule is CCN(c1ccncn1)C1CC2CCC(C1)N2. The fourth-order valence-electron chi connectivity index (χ4n) is 3.34. The minimum absolute atomic E-state index is 0.647. The van der Waals surface area contributed by atoms with Crippen LogP contribution in [-0.2, 0) is 0 Å². The number of hydrogen-bond donors (Lipinski definition) is 1. The summed E-state index contributed by atoms with van der Waals surface area (Å²) in [4.78, 5) is 10.8. The maximum atomic E-state index is 4.39. The Morgan fingerprint density at radius 3 is 2.71 bits per heavy atom. The third kappa shape index (κ3) is 2.14. The van der Waals surface area contributed by atoms with Gasteiger partial charge in [-0.15, -0.1) is 0 Å². The van der Waals surface area contributed by atoms with Gasteiger partial charge < -0.3 is 10.2 Å². The molecule has 1 N–H and O–H groups in total. The second-order valence-corrected chi connectivity index (χ2v) is 5.12. The molecule has 0 spiro atoms. The average molecular weight is 232 g/mol. The van der Waals surface area contributed by atoms with Crippen LogP contribution in [0.1, 0.15) is 32.6 Å². The molecule has 2 aliphatic heterocycles. The highest BCUT2D eigenvalue weighted by Gasteiger charge is 2.35. The summed E-state index contributed by atoms with van der Waals surface area (Å²) in [6.45, 7) is 3.24. The summed E-state index contributed by atoms with van der Waals surface area (Å²) in [5.74, 6) is 1.08. The van der Waals surface area contributed by atoms with E-state index in [1.165, 1.54) is 25.7 Å². The highest BCUT2D eigenvalue weighted by atomic mass is 15.2. The van der Waals surface area contributed by atoms with Crippen LogP contribution in [0.2, 0.25) is 0 Å². The van der Waals surface area contributed by atoms with Gasteiger partial charge in [0.2, 0.25) is 0 Å². The standard InChI is InChI=1S/C13H20N4/c1-2-17(13-5-6-14-9-15-13)12-7-10-3-4-11(8-12)16-10/h5-6,9-12,16H,2-4,7-8H2,1H3. The van der Waals surface area contributed by atoms with Gasteiger partial charge in [0.15, 0.2) is 0 Å². The van der Waals surface area contributed by atoms with Crippen molar-refractivity contribution in [3.8, 4) is 0 Å². The van der Waals surface area contributed by atoms with E-state index in [9.17, 15) is 0 Å². The quantitative estimate of drug-likeness (QED) is 0.859. The normalized spacial score (nSPS) is 31.5. The van der Waals surface area contributed by atoms with Gasteiger partial charge in [-0.25, -0.2) is 9.97 Å². The zero-order chi connectivity index (χ0) is 11.7. The Morgan fingerprint density at radius 2 is 2.12 bits per heavy atom. The van der Waals surface area contributed by atoms with Crippen LogP contribution in [0.4, 0.5) is 5.82 Å². The molecule has 2 saturated heterocycles. The van der Waals surface area contributed by atoms with Gasteiger partial charge in [-0.3, -0.25) is 0 Å². The maximum Gasteiger partial charge on any atom is 0.132 e. The molecule has 4 heteroatoms. The molecule has 0 amide bonds. The van der Waals surface area contributed by atoms with Crippen molar-refractivity contribution in [1.82, 2.24) is 15.3 Å². The van der Waals surface area contributed by atoms with Gasteiger partial charge in [0.25, 0.3) is 0 Å². The molecule has 1 aromatic rings. The molecular weight excluding hydrogens is 212 g/mol. The van der Waals surface area contributed by atoms with E-state index in [2.05, 4.69) is 27.1 Å². The zero-order valence-corrected chi connectivity index (χ0v) is 10.3. The van der Waals surface area contributed by atoms with Crippen LogP contribution in [0.25, 0.3) is 0 Å². The summed E-state index contributed by atoms with van der Waals surface area (Å²) in [5, 5.41) is 3.69. The van der Waals surface area contributed by atoms with Crippen molar-refractivity contribution in [2.45, 2.75) is 50.7 Å². The van der Waals surface area contributed by atoms with E-state index in [-0.39, 0.29) is 0 Å². The zero-order valence-electron chi connectivity index (χ0n) is 10.3. The van der Waals surface area contributed by atoms with Crippen molar-refractivity contribution in [3.63, 3.8) is 0 Å². The maximum absolute atomic E-state index is 4.39. The lowest BCUT2D eigenvalue weighted by Gasteiger charge is -2.37. The molecule has 1 aromatic heterocycles. The Kier molecular flexibility index (Phi) is 2.97. The first kappa shape index (κ1) is 11.0. The molecule has 2 unspecified atom stereocenters. The molecule has 3 heterocycles. The highest BCUT2D eigenvalue weighted by Crippen LogP contribution is 2.31. The second kappa shape index (κ2) is 4.61. The first-order valence-corrected chi connectivity index (χ1v) is 6.65. The molecule has 2 aliphatic rings. The van der Waals surface area contributed by atoms with Gasteiger partial charge in [0.05, 0.1) is 0 Å². The number of piperidine rings is 1. The third-order valence-electron chi connectivity index (χ3n) is 4.09. The van der Waals surface area contributed by atoms with Crippen molar-refractivity contribution < 1.29 is 0 Å². The van der Waals surface area contributed by atoms with E-state index >= 15 is 0 Å². The molecule has 2 atom stereocenters. The largest absolute Gasteiger partial charge is 0.354 e. The molecule has 4 nitrogen and oxygen atoms in total. The van der Waals surface area contributed by atoms with Crippen molar-refractivity contribution in [3.05, 3.63) is 18.6 Å². The van der Waals surface area contributed by atoms with Crippen molar-refractivity contribution in [2.75, 3.05) is 11.4 Å². The first-order chi connectivity index (χ1) is 8.36. The lowest BCUT2D eigenvalue weighted by atomic mass is 9.98. The monoisotopic (exact) mass is 232 g/mol. The van der Waals surface area contributed by atoms with E-state index in [1.807, 2.05) is 12.3 Å². The van der Waals surface area contributed by atoms with Crippen LogP contribution in [0.15, 0.2) is 18.6 Å². The van der Waals surface area contributed by atoms with E-state index < -0.39 is 0 Å². The number of nitrogens with one attached hydrogen (secondary N) is 1. The Balaban J connectivity index is 1.77. The van der Waals surface area contributed by atoms with Gasteiger partial charge >= 0.3 is 0 Å². The topological polar surface area (TPSA) is 41.1 Å². The lowest BCUT2D eigenvalue weighted by molar-refractivity contribution is 0.348. The summed E-state index contributed by atoms with van der Waals surface area (Å²) < 4.78 is 0. The fourth-order valence-corrected chi connectivity index (χ4v) is 3.34. The van der Waals surface area contributed by atoms with Crippen molar-refractivity contribution in [2.24, 2.45) is 0 Å². The molecular formula is C13H20N4. The number of anilines is 1.